The van der Waals surface area contributed by atoms with E-state index in [0.717, 1.165) is 45.4 Å². The molecule has 4 heteroatoms. The molecule has 0 amide bonds. The first kappa shape index (κ1) is 17.8. The molecule has 1 unspecified atom stereocenters. The number of nitriles is 1. The number of thioether (sulfide) groups is 1. The average Bonchev–Trinajstić information content (AvgIpc) is 2.73. The molecule has 1 aliphatic rings. The molecule has 0 bridgehead atoms. The van der Waals surface area contributed by atoms with E-state index in [9.17, 15) is 5.26 Å². The molecule has 0 heterocycles. The maximum absolute atomic E-state index is 9.86. The molecule has 0 saturated carbocycles. The summed E-state index contributed by atoms with van der Waals surface area (Å²) in [5, 5.41) is 12.0. The van der Waals surface area contributed by atoms with Crippen molar-refractivity contribution in [3.05, 3.63) is 64.7 Å². The Bertz CT molecular complexity index is 1050. The number of ether oxygens (including phenoxy) is 2. The average molecular weight is 375 g/mol. The Morgan fingerprint density at radius 1 is 1.11 bits per heavy atom. The zero-order valence-electron chi connectivity index (χ0n) is 15.7. The van der Waals surface area contributed by atoms with Crippen molar-refractivity contribution in [2.75, 3.05) is 20.5 Å². The van der Waals surface area contributed by atoms with Crippen LogP contribution in [0.25, 0.3) is 10.8 Å². The van der Waals surface area contributed by atoms with Crippen molar-refractivity contribution in [3.63, 3.8) is 0 Å². The third-order valence-corrected chi connectivity index (χ3v) is 6.20. The Kier molecular flexibility index (Phi) is 4.72. The standard InChI is InChI=1S/C23H21NO2S/c1-25-19-12-17-18(13-24)20(27-3)11-15-9-10-16(14-7-5-4-6-8-14)22(21(15)17)23(19)26-2/h4-8,11-12,16H,9-10H2,1-3H3. The van der Waals surface area contributed by atoms with Gasteiger partial charge in [-0.3, -0.25) is 0 Å². The van der Waals surface area contributed by atoms with Gasteiger partial charge in [0, 0.05) is 21.8 Å². The molecule has 136 valence electrons. The Balaban J connectivity index is 2.14. The Labute approximate surface area is 163 Å². The molecule has 0 radical (unpaired) electrons. The minimum Gasteiger partial charge on any atom is -0.493 e. The molecule has 0 saturated heterocycles. The summed E-state index contributed by atoms with van der Waals surface area (Å²) in [6, 6.07) is 17.1. The van der Waals surface area contributed by atoms with Crippen LogP contribution in [0.3, 0.4) is 0 Å². The van der Waals surface area contributed by atoms with E-state index in [4.69, 9.17) is 9.47 Å². The van der Waals surface area contributed by atoms with Gasteiger partial charge in [0.25, 0.3) is 0 Å². The SMILES string of the molecule is COc1cc2c(C#N)c(SC)cc3c2c(c1OC)C(c1ccccc1)CC3. The van der Waals surface area contributed by atoms with E-state index in [2.05, 4.69) is 36.4 Å². The maximum Gasteiger partial charge on any atom is 0.165 e. The van der Waals surface area contributed by atoms with Gasteiger partial charge in [0.05, 0.1) is 19.8 Å². The summed E-state index contributed by atoms with van der Waals surface area (Å²) in [6.07, 6.45) is 4.01. The summed E-state index contributed by atoms with van der Waals surface area (Å²) in [6.45, 7) is 0. The van der Waals surface area contributed by atoms with E-state index in [-0.39, 0.29) is 5.92 Å². The molecule has 3 aromatic rings. The molecule has 1 aliphatic carbocycles. The van der Waals surface area contributed by atoms with Gasteiger partial charge in [0.15, 0.2) is 11.5 Å². The Hall–Kier alpha value is -2.64. The van der Waals surface area contributed by atoms with Gasteiger partial charge in [0.1, 0.15) is 6.07 Å². The van der Waals surface area contributed by atoms with Gasteiger partial charge < -0.3 is 9.47 Å². The maximum atomic E-state index is 9.86. The van der Waals surface area contributed by atoms with Crippen molar-refractivity contribution < 1.29 is 9.47 Å². The second-order valence-corrected chi connectivity index (χ2v) is 7.52. The fraction of sp³-hybridized carbons (Fsp3) is 0.261. The monoisotopic (exact) mass is 375 g/mol. The van der Waals surface area contributed by atoms with Crippen LogP contribution in [0.5, 0.6) is 11.5 Å². The number of benzene rings is 3. The molecule has 0 aromatic heterocycles. The normalized spacial score (nSPS) is 15.4. The van der Waals surface area contributed by atoms with E-state index in [0.29, 0.717) is 5.75 Å². The second-order valence-electron chi connectivity index (χ2n) is 6.68. The lowest BCUT2D eigenvalue weighted by atomic mass is 9.76. The molecule has 0 N–H and O–H groups in total. The van der Waals surface area contributed by atoms with Crippen LogP contribution in [0.15, 0.2) is 47.4 Å². The first-order valence-electron chi connectivity index (χ1n) is 8.97. The third-order valence-electron chi connectivity index (χ3n) is 5.43. The van der Waals surface area contributed by atoms with Crippen LogP contribution in [0.4, 0.5) is 0 Å². The van der Waals surface area contributed by atoms with E-state index in [1.807, 2.05) is 18.4 Å². The summed E-state index contributed by atoms with van der Waals surface area (Å²) in [5.74, 6) is 1.68. The highest BCUT2D eigenvalue weighted by Crippen LogP contribution is 2.50. The van der Waals surface area contributed by atoms with E-state index >= 15 is 0 Å². The van der Waals surface area contributed by atoms with Gasteiger partial charge in [0.2, 0.25) is 0 Å². The summed E-state index contributed by atoms with van der Waals surface area (Å²) in [4.78, 5) is 1.02. The van der Waals surface area contributed by atoms with E-state index in [1.54, 1.807) is 26.0 Å². The molecule has 27 heavy (non-hydrogen) atoms. The fourth-order valence-electron chi connectivity index (χ4n) is 4.27. The van der Waals surface area contributed by atoms with Crippen LogP contribution >= 0.6 is 11.8 Å². The molecule has 3 nitrogen and oxygen atoms in total. The predicted octanol–water partition coefficient (Wildman–Crippen LogP) is 5.53. The smallest absolute Gasteiger partial charge is 0.165 e. The molecular formula is C23H21NO2S. The van der Waals surface area contributed by atoms with Crippen molar-refractivity contribution in [2.24, 2.45) is 0 Å². The van der Waals surface area contributed by atoms with E-state index in [1.165, 1.54) is 11.1 Å². The van der Waals surface area contributed by atoms with Gasteiger partial charge in [-0.15, -0.1) is 11.8 Å². The fourth-order valence-corrected chi connectivity index (χ4v) is 4.89. The molecule has 0 aliphatic heterocycles. The molecule has 4 rings (SSSR count). The molecule has 3 aromatic carbocycles. The van der Waals surface area contributed by atoms with Gasteiger partial charge >= 0.3 is 0 Å². The minimum atomic E-state index is 0.220. The largest absolute Gasteiger partial charge is 0.493 e. The van der Waals surface area contributed by atoms with Gasteiger partial charge in [-0.2, -0.15) is 5.26 Å². The number of nitrogens with zero attached hydrogens (tertiary/aromatic N) is 1. The van der Waals surface area contributed by atoms with Crippen molar-refractivity contribution in [1.82, 2.24) is 0 Å². The highest BCUT2D eigenvalue weighted by atomic mass is 32.2. The lowest BCUT2D eigenvalue weighted by Gasteiger charge is -2.30. The van der Waals surface area contributed by atoms with Gasteiger partial charge in [-0.25, -0.2) is 0 Å². The second kappa shape index (κ2) is 7.17. The first-order chi connectivity index (χ1) is 13.2. The van der Waals surface area contributed by atoms with Crippen LogP contribution < -0.4 is 9.47 Å². The van der Waals surface area contributed by atoms with Crippen LogP contribution in [-0.4, -0.2) is 20.5 Å². The summed E-state index contributed by atoms with van der Waals surface area (Å²) in [7, 11) is 3.35. The van der Waals surface area contributed by atoms with Gasteiger partial charge in [-0.05, 0) is 47.7 Å². The minimum absolute atomic E-state index is 0.220. The summed E-state index contributed by atoms with van der Waals surface area (Å²) >= 11 is 1.62. The third kappa shape index (κ3) is 2.74. The lowest BCUT2D eigenvalue weighted by Crippen LogP contribution is -2.13. The quantitative estimate of drug-likeness (QED) is 0.562. The number of rotatable bonds is 4. The highest BCUT2D eigenvalue weighted by molar-refractivity contribution is 7.98. The zero-order valence-corrected chi connectivity index (χ0v) is 16.5. The summed E-state index contributed by atoms with van der Waals surface area (Å²) in [5.41, 5.74) is 4.42. The Morgan fingerprint density at radius 3 is 2.52 bits per heavy atom. The molecule has 0 fully saturated rings. The van der Waals surface area contributed by atoms with Crippen molar-refractivity contribution in [2.45, 2.75) is 23.7 Å². The molecule has 0 spiro atoms. The van der Waals surface area contributed by atoms with Crippen molar-refractivity contribution in [3.8, 4) is 17.6 Å². The highest BCUT2D eigenvalue weighted by Gasteiger charge is 2.30. The van der Waals surface area contributed by atoms with Crippen LogP contribution in [0, 0.1) is 11.3 Å². The molecule has 1 atom stereocenters. The van der Waals surface area contributed by atoms with Crippen molar-refractivity contribution >= 4 is 22.5 Å². The van der Waals surface area contributed by atoms with Crippen LogP contribution in [-0.2, 0) is 6.42 Å². The number of aryl methyl sites for hydroxylation is 1. The topological polar surface area (TPSA) is 42.2 Å². The zero-order chi connectivity index (χ0) is 19.0. The van der Waals surface area contributed by atoms with Crippen molar-refractivity contribution in [1.29, 1.82) is 5.26 Å². The van der Waals surface area contributed by atoms with E-state index < -0.39 is 0 Å². The number of hydrogen-bond acceptors (Lipinski definition) is 4. The predicted molar refractivity (Wildman–Crippen MR) is 110 cm³/mol. The lowest BCUT2D eigenvalue weighted by molar-refractivity contribution is 0.350. The Morgan fingerprint density at radius 2 is 1.89 bits per heavy atom. The van der Waals surface area contributed by atoms with Crippen LogP contribution in [0.1, 0.15) is 34.6 Å². The first-order valence-corrected chi connectivity index (χ1v) is 10.2. The number of hydrogen-bond donors (Lipinski definition) is 0. The summed E-state index contributed by atoms with van der Waals surface area (Å²) < 4.78 is 11.5. The van der Waals surface area contributed by atoms with Crippen LogP contribution in [0.2, 0.25) is 0 Å². The number of methoxy groups -OCH3 is 2. The van der Waals surface area contributed by atoms with Gasteiger partial charge in [-0.1, -0.05) is 30.3 Å². The molecular weight excluding hydrogens is 354 g/mol.